The van der Waals surface area contributed by atoms with Crippen LogP contribution in [-0.2, 0) is 6.54 Å². The highest BCUT2D eigenvalue weighted by Crippen LogP contribution is 2.44. The topological polar surface area (TPSA) is 15.3 Å². The summed E-state index contributed by atoms with van der Waals surface area (Å²) >= 11 is 0. The molecule has 1 heterocycles. The van der Waals surface area contributed by atoms with Crippen molar-refractivity contribution in [3.63, 3.8) is 0 Å². The van der Waals surface area contributed by atoms with Crippen LogP contribution in [0.3, 0.4) is 0 Å². The van der Waals surface area contributed by atoms with Crippen molar-refractivity contribution in [1.82, 2.24) is 4.90 Å². The highest BCUT2D eigenvalue weighted by Gasteiger charge is 2.40. The van der Waals surface area contributed by atoms with Crippen LogP contribution >= 0.6 is 0 Å². The first-order chi connectivity index (χ1) is 9.88. The number of benzene rings is 1. The molecule has 0 aromatic heterocycles. The highest BCUT2D eigenvalue weighted by molar-refractivity contribution is 5.46. The predicted molar refractivity (Wildman–Crippen MR) is 83.7 cm³/mol. The van der Waals surface area contributed by atoms with E-state index in [1.165, 1.54) is 50.0 Å². The third-order valence-corrected chi connectivity index (χ3v) is 5.27. The molecular formula is C18H24N2. The van der Waals surface area contributed by atoms with Crippen molar-refractivity contribution >= 4 is 5.69 Å². The molecule has 106 valence electrons. The van der Waals surface area contributed by atoms with Gasteiger partial charge in [-0.2, -0.15) is 0 Å². The minimum absolute atomic E-state index is 0.670. The molecule has 4 rings (SSSR count). The Morgan fingerprint density at radius 3 is 2.65 bits per heavy atom. The van der Waals surface area contributed by atoms with E-state index in [2.05, 4.69) is 46.6 Å². The van der Waals surface area contributed by atoms with Crippen molar-refractivity contribution < 1.29 is 0 Å². The fraction of sp³-hybridized carbons (Fsp3) is 0.556. The van der Waals surface area contributed by atoms with Gasteiger partial charge >= 0.3 is 0 Å². The van der Waals surface area contributed by atoms with Crippen molar-refractivity contribution in [3.05, 3.63) is 42.0 Å². The zero-order valence-corrected chi connectivity index (χ0v) is 12.1. The molecule has 2 aliphatic carbocycles. The summed E-state index contributed by atoms with van der Waals surface area (Å²) in [4.78, 5) is 2.56. The van der Waals surface area contributed by atoms with E-state index in [-0.39, 0.29) is 0 Å². The van der Waals surface area contributed by atoms with E-state index in [1.807, 2.05) is 0 Å². The molecule has 3 atom stereocenters. The van der Waals surface area contributed by atoms with Gasteiger partial charge in [0.25, 0.3) is 0 Å². The lowest BCUT2D eigenvalue weighted by Crippen LogP contribution is -2.43. The van der Waals surface area contributed by atoms with Crippen molar-refractivity contribution in [2.45, 2.75) is 38.3 Å². The quantitative estimate of drug-likeness (QED) is 0.838. The number of nitrogens with one attached hydrogen (secondary N) is 1. The summed E-state index contributed by atoms with van der Waals surface area (Å²) in [7, 11) is 0. The maximum absolute atomic E-state index is 3.71. The van der Waals surface area contributed by atoms with E-state index in [4.69, 9.17) is 0 Å². The van der Waals surface area contributed by atoms with Crippen molar-refractivity contribution in [2.75, 3.05) is 18.4 Å². The van der Waals surface area contributed by atoms with Crippen LogP contribution in [0.15, 0.2) is 36.4 Å². The Morgan fingerprint density at radius 1 is 1.10 bits per heavy atom. The van der Waals surface area contributed by atoms with Gasteiger partial charge in [-0.25, -0.2) is 0 Å². The second-order valence-electron chi connectivity index (χ2n) is 6.67. The summed E-state index contributed by atoms with van der Waals surface area (Å²) in [5, 5.41) is 3.71. The zero-order valence-electron chi connectivity index (χ0n) is 12.1. The first-order valence-electron chi connectivity index (χ1n) is 8.13. The highest BCUT2D eigenvalue weighted by atomic mass is 15.1. The zero-order chi connectivity index (χ0) is 13.4. The number of hydrogen-bond acceptors (Lipinski definition) is 2. The van der Waals surface area contributed by atoms with Crippen LogP contribution < -0.4 is 5.32 Å². The number of hydrogen-bond donors (Lipinski definition) is 1. The van der Waals surface area contributed by atoms with Crippen molar-refractivity contribution in [1.29, 1.82) is 0 Å². The van der Waals surface area contributed by atoms with E-state index in [0.29, 0.717) is 6.04 Å². The average Bonchev–Trinajstić information content (AvgIpc) is 3.08. The van der Waals surface area contributed by atoms with Crippen LogP contribution in [0, 0.1) is 11.8 Å². The SMILES string of the molecule is C1=CC2C(C1)CC2Nc1ccc(CN2CCCC2)cc1. The molecule has 1 aromatic carbocycles. The standard InChI is InChI=1S/C18H24N2/c1-2-11-20(10-1)13-14-6-8-16(9-7-14)19-18-12-15-4-3-5-17(15)18/h3,5-9,15,17-19H,1-2,4,10-13H2. The molecule has 20 heavy (non-hydrogen) atoms. The molecule has 2 fully saturated rings. The van der Waals surface area contributed by atoms with E-state index < -0.39 is 0 Å². The molecular weight excluding hydrogens is 244 g/mol. The fourth-order valence-electron chi connectivity index (χ4n) is 4.00. The lowest BCUT2D eigenvalue weighted by molar-refractivity contribution is 0.218. The Morgan fingerprint density at radius 2 is 1.90 bits per heavy atom. The number of allylic oxidation sites excluding steroid dienone is 1. The van der Waals surface area contributed by atoms with E-state index in [9.17, 15) is 0 Å². The first kappa shape index (κ1) is 12.5. The Hall–Kier alpha value is -1.28. The van der Waals surface area contributed by atoms with Crippen LogP contribution in [0.25, 0.3) is 0 Å². The third kappa shape index (κ3) is 2.37. The smallest absolute Gasteiger partial charge is 0.0342 e. The van der Waals surface area contributed by atoms with Gasteiger partial charge in [-0.05, 0) is 62.4 Å². The Bertz CT molecular complexity index is 485. The predicted octanol–water partition coefficient (Wildman–Crippen LogP) is 3.66. The molecule has 2 heteroatoms. The van der Waals surface area contributed by atoms with Crippen LogP contribution in [0.4, 0.5) is 5.69 Å². The Balaban J connectivity index is 1.34. The largest absolute Gasteiger partial charge is 0.382 e. The van der Waals surface area contributed by atoms with Crippen LogP contribution in [0.5, 0.6) is 0 Å². The number of anilines is 1. The second kappa shape index (κ2) is 5.25. The third-order valence-electron chi connectivity index (χ3n) is 5.27. The van der Waals surface area contributed by atoms with Crippen LogP contribution in [0.2, 0.25) is 0 Å². The molecule has 1 aromatic rings. The van der Waals surface area contributed by atoms with Crippen molar-refractivity contribution in [3.8, 4) is 0 Å². The van der Waals surface area contributed by atoms with Gasteiger partial charge < -0.3 is 5.32 Å². The number of fused-ring (bicyclic) bond motifs is 1. The van der Waals surface area contributed by atoms with Crippen LogP contribution in [-0.4, -0.2) is 24.0 Å². The summed E-state index contributed by atoms with van der Waals surface area (Å²) in [6, 6.07) is 9.78. The van der Waals surface area contributed by atoms with Gasteiger partial charge in [0, 0.05) is 24.2 Å². The molecule has 1 aliphatic heterocycles. The Labute approximate surface area is 121 Å². The lowest BCUT2D eigenvalue weighted by Gasteiger charge is -2.41. The number of rotatable bonds is 4. The normalized spacial score (nSPS) is 32.1. The van der Waals surface area contributed by atoms with Crippen LogP contribution in [0.1, 0.15) is 31.2 Å². The molecule has 2 nitrogen and oxygen atoms in total. The van der Waals surface area contributed by atoms with Gasteiger partial charge in [-0.15, -0.1) is 0 Å². The van der Waals surface area contributed by atoms with Gasteiger partial charge in [-0.1, -0.05) is 24.3 Å². The first-order valence-corrected chi connectivity index (χ1v) is 8.13. The van der Waals surface area contributed by atoms with Crippen molar-refractivity contribution in [2.24, 2.45) is 11.8 Å². The van der Waals surface area contributed by atoms with E-state index in [1.54, 1.807) is 0 Å². The molecule has 0 radical (unpaired) electrons. The van der Waals surface area contributed by atoms with Gasteiger partial charge in [0.2, 0.25) is 0 Å². The summed E-state index contributed by atoms with van der Waals surface area (Å²) < 4.78 is 0. The van der Waals surface area contributed by atoms with Gasteiger partial charge in [0.1, 0.15) is 0 Å². The summed E-state index contributed by atoms with van der Waals surface area (Å²) in [6.07, 6.45) is 10.2. The maximum Gasteiger partial charge on any atom is 0.0342 e. The summed E-state index contributed by atoms with van der Waals surface area (Å²) in [6.45, 7) is 3.67. The minimum Gasteiger partial charge on any atom is -0.382 e. The second-order valence-corrected chi connectivity index (χ2v) is 6.67. The molecule has 1 saturated carbocycles. The fourth-order valence-corrected chi connectivity index (χ4v) is 4.00. The minimum atomic E-state index is 0.670. The molecule has 0 bridgehead atoms. The van der Waals surface area contributed by atoms with Gasteiger partial charge in [0.05, 0.1) is 0 Å². The lowest BCUT2D eigenvalue weighted by atomic mass is 9.71. The number of likely N-dealkylation sites (tertiary alicyclic amines) is 1. The number of nitrogens with zero attached hydrogens (tertiary/aromatic N) is 1. The monoisotopic (exact) mass is 268 g/mol. The Kier molecular flexibility index (Phi) is 3.27. The molecule has 3 unspecified atom stereocenters. The summed E-state index contributed by atoms with van der Waals surface area (Å²) in [5.74, 6) is 1.72. The van der Waals surface area contributed by atoms with Gasteiger partial charge in [-0.3, -0.25) is 4.90 Å². The molecule has 0 amide bonds. The van der Waals surface area contributed by atoms with E-state index >= 15 is 0 Å². The molecule has 1 N–H and O–H groups in total. The maximum atomic E-state index is 3.71. The van der Waals surface area contributed by atoms with Gasteiger partial charge in [0.15, 0.2) is 0 Å². The molecule has 3 aliphatic rings. The average molecular weight is 268 g/mol. The molecule has 0 spiro atoms. The van der Waals surface area contributed by atoms with E-state index in [0.717, 1.165) is 18.4 Å². The summed E-state index contributed by atoms with van der Waals surface area (Å²) in [5.41, 5.74) is 2.74. The molecule has 1 saturated heterocycles.